The lowest BCUT2D eigenvalue weighted by molar-refractivity contribution is -0.122. The average Bonchev–Trinajstić information content (AvgIpc) is 2.47. The number of hydrogen-bond donors (Lipinski definition) is 1. The van der Waals surface area contributed by atoms with E-state index >= 15 is 0 Å². The molecular formula is C17H24FNO4. The number of hydrogen-bond acceptors (Lipinski definition) is 3. The summed E-state index contributed by atoms with van der Waals surface area (Å²) in [4.78, 5) is 22.1. The van der Waals surface area contributed by atoms with Crippen molar-refractivity contribution in [3.05, 3.63) is 35.6 Å². The minimum Gasteiger partial charge on any atom is -0.483 e. The topological polar surface area (TPSA) is 66.8 Å². The van der Waals surface area contributed by atoms with Gasteiger partial charge >= 0.3 is 6.09 Å². The minimum atomic E-state index is -0.453. The van der Waals surface area contributed by atoms with Gasteiger partial charge in [0.25, 0.3) is 6.47 Å². The molecule has 2 rings (SSSR count). The van der Waals surface area contributed by atoms with E-state index in [0.29, 0.717) is 19.0 Å². The molecule has 1 fully saturated rings. The normalized spacial score (nSPS) is 15.4. The van der Waals surface area contributed by atoms with Crippen LogP contribution in [0, 0.1) is 5.82 Å². The minimum absolute atomic E-state index is 0.208. The Kier molecular flexibility index (Phi) is 7.00. The molecule has 1 amide bonds. The van der Waals surface area contributed by atoms with E-state index in [-0.39, 0.29) is 18.4 Å². The molecule has 0 radical (unpaired) electrons. The predicted octanol–water partition coefficient (Wildman–Crippen LogP) is 3.64. The molecule has 1 aromatic rings. The third kappa shape index (κ3) is 6.67. The monoisotopic (exact) mass is 325 g/mol. The van der Waals surface area contributed by atoms with Crippen LogP contribution >= 0.6 is 0 Å². The first-order chi connectivity index (χ1) is 10.8. The fourth-order valence-corrected chi connectivity index (χ4v) is 2.46. The van der Waals surface area contributed by atoms with Crippen LogP contribution in [0.2, 0.25) is 0 Å². The van der Waals surface area contributed by atoms with Gasteiger partial charge in [-0.2, -0.15) is 0 Å². The number of carboxylic acid groups (broad SMARTS) is 1. The summed E-state index contributed by atoms with van der Waals surface area (Å²) < 4.78 is 18.3. The molecule has 0 aromatic heterocycles. The first-order valence-electron chi connectivity index (χ1n) is 7.58. The molecular weight excluding hydrogens is 301 g/mol. The van der Waals surface area contributed by atoms with Crippen molar-refractivity contribution in [3.8, 4) is 0 Å². The maximum atomic E-state index is 12.9. The zero-order valence-electron chi connectivity index (χ0n) is 13.8. The fourth-order valence-electron chi connectivity index (χ4n) is 2.46. The Morgan fingerprint density at radius 2 is 1.74 bits per heavy atom. The number of benzene rings is 1. The molecule has 1 aromatic carbocycles. The second-order valence-electron chi connectivity index (χ2n) is 6.40. The van der Waals surface area contributed by atoms with Crippen molar-refractivity contribution in [1.29, 1.82) is 0 Å². The molecule has 1 aliphatic heterocycles. The van der Waals surface area contributed by atoms with E-state index in [0.717, 1.165) is 18.4 Å². The van der Waals surface area contributed by atoms with Crippen LogP contribution in [0.25, 0.3) is 0 Å². The quantitative estimate of drug-likeness (QED) is 0.801. The van der Waals surface area contributed by atoms with Gasteiger partial charge in [-0.15, -0.1) is 0 Å². The number of carbonyl (C=O) groups excluding carboxylic acids is 1. The lowest BCUT2D eigenvalue weighted by Crippen LogP contribution is -2.41. The molecule has 0 spiro atoms. The van der Waals surface area contributed by atoms with Crippen molar-refractivity contribution in [2.75, 3.05) is 13.1 Å². The van der Waals surface area contributed by atoms with E-state index in [1.807, 2.05) is 32.9 Å². The SMILES string of the molecule is CC(C)(C)OC(=O)N1CCC(c2ccc(F)cc2)CC1.O=CO. The van der Waals surface area contributed by atoms with Gasteiger partial charge in [-0.05, 0) is 57.2 Å². The van der Waals surface area contributed by atoms with Gasteiger partial charge in [0.2, 0.25) is 0 Å². The third-order valence-corrected chi connectivity index (χ3v) is 3.49. The summed E-state index contributed by atoms with van der Waals surface area (Å²) in [7, 11) is 0. The van der Waals surface area contributed by atoms with Crippen LogP contribution in [0.4, 0.5) is 9.18 Å². The molecule has 0 aliphatic carbocycles. The number of carbonyl (C=O) groups is 2. The van der Waals surface area contributed by atoms with E-state index in [2.05, 4.69) is 0 Å². The Morgan fingerprint density at radius 1 is 1.26 bits per heavy atom. The first-order valence-corrected chi connectivity index (χ1v) is 7.58. The second-order valence-corrected chi connectivity index (χ2v) is 6.40. The van der Waals surface area contributed by atoms with E-state index in [4.69, 9.17) is 14.6 Å². The van der Waals surface area contributed by atoms with E-state index in [1.165, 1.54) is 12.1 Å². The van der Waals surface area contributed by atoms with E-state index in [9.17, 15) is 9.18 Å². The molecule has 128 valence electrons. The van der Waals surface area contributed by atoms with Crippen LogP contribution in [0.5, 0.6) is 0 Å². The van der Waals surface area contributed by atoms with Crippen molar-refractivity contribution >= 4 is 12.6 Å². The van der Waals surface area contributed by atoms with Crippen molar-refractivity contribution in [1.82, 2.24) is 4.90 Å². The number of nitrogens with zero attached hydrogens (tertiary/aromatic N) is 1. The van der Waals surface area contributed by atoms with E-state index in [1.54, 1.807) is 4.90 Å². The summed E-state index contributed by atoms with van der Waals surface area (Å²) in [6, 6.07) is 6.66. The van der Waals surface area contributed by atoms with Crippen LogP contribution in [0.3, 0.4) is 0 Å². The average molecular weight is 325 g/mol. The molecule has 1 aliphatic rings. The fraction of sp³-hybridized carbons (Fsp3) is 0.529. The summed E-state index contributed by atoms with van der Waals surface area (Å²) in [6.45, 7) is 6.75. The third-order valence-electron chi connectivity index (χ3n) is 3.49. The molecule has 6 heteroatoms. The maximum Gasteiger partial charge on any atom is 0.410 e. The van der Waals surface area contributed by atoms with Gasteiger partial charge in [-0.1, -0.05) is 12.1 Å². The molecule has 5 nitrogen and oxygen atoms in total. The lowest BCUT2D eigenvalue weighted by atomic mass is 9.89. The summed E-state index contributed by atoms with van der Waals surface area (Å²) in [5.74, 6) is 0.189. The first kappa shape index (κ1) is 18.9. The van der Waals surface area contributed by atoms with Gasteiger partial charge in [0, 0.05) is 13.1 Å². The number of amides is 1. The number of piperidine rings is 1. The van der Waals surface area contributed by atoms with Crippen LogP contribution in [0.15, 0.2) is 24.3 Å². The number of rotatable bonds is 1. The summed E-state index contributed by atoms with van der Waals surface area (Å²) in [5, 5.41) is 6.89. The summed E-state index contributed by atoms with van der Waals surface area (Å²) in [5.41, 5.74) is 0.695. The van der Waals surface area contributed by atoms with Crippen LogP contribution in [-0.2, 0) is 9.53 Å². The highest BCUT2D eigenvalue weighted by Gasteiger charge is 2.27. The molecule has 23 heavy (non-hydrogen) atoms. The van der Waals surface area contributed by atoms with Crippen LogP contribution < -0.4 is 0 Å². The van der Waals surface area contributed by atoms with Crippen molar-refractivity contribution in [2.45, 2.75) is 45.1 Å². The van der Waals surface area contributed by atoms with Gasteiger partial charge in [0.15, 0.2) is 0 Å². The molecule has 0 unspecified atom stereocenters. The maximum absolute atomic E-state index is 12.9. The lowest BCUT2D eigenvalue weighted by Gasteiger charge is -2.33. The number of likely N-dealkylation sites (tertiary alicyclic amines) is 1. The van der Waals surface area contributed by atoms with Crippen LogP contribution in [0.1, 0.15) is 45.1 Å². The van der Waals surface area contributed by atoms with Gasteiger partial charge in [0.05, 0.1) is 0 Å². The largest absolute Gasteiger partial charge is 0.483 e. The summed E-state index contributed by atoms with van der Waals surface area (Å²) >= 11 is 0. The highest BCUT2D eigenvalue weighted by Crippen LogP contribution is 2.28. The summed E-state index contributed by atoms with van der Waals surface area (Å²) in [6.07, 6.45) is 1.55. The Bertz CT molecular complexity index is 502. The Labute approximate surface area is 136 Å². The molecule has 1 N–H and O–H groups in total. The predicted molar refractivity (Wildman–Crippen MR) is 84.9 cm³/mol. The highest BCUT2D eigenvalue weighted by molar-refractivity contribution is 5.68. The van der Waals surface area contributed by atoms with Gasteiger partial charge in [-0.25, -0.2) is 9.18 Å². The number of ether oxygens (including phenoxy) is 1. The Hall–Kier alpha value is -2.11. The molecule has 1 saturated heterocycles. The van der Waals surface area contributed by atoms with Gasteiger partial charge in [-0.3, -0.25) is 4.79 Å². The van der Waals surface area contributed by atoms with Crippen molar-refractivity contribution in [3.63, 3.8) is 0 Å². The van der Waals surface area contributed by atoms with Crippen LogP contribution in [-0.4, -0.2) is 41.3 Å². The smallest absolute Gasteiger partial charge is 0.410 e. The second kappa shape index (κ2) is 8.50. The van der Waals surface area contributed by atoms with E-state index < -0.39 is 5.60 Å². The van der Waals surface area contributed by atoms with Gasteiger partial charge < -0.3 is 14.7 Å². The van der Waals surface area contributed by atoms with Crippen molar-refractivity contribution < 1.29 is 23.8 Å². The van der Waals surface area contributed by atoms with Crippen molar-refractivity contribution in [2.24, 2.45) is 0 Å². The molecule has 0 saturated carbocycles. The Balaban J connectivity index is 0.000000816. The number of halogens is 1. The molecule has 1 heterocycles. The Morgan fingerprint density at radius 3 is 2.17 bits per heavy atom. The zero-order chi connectivity index (χ0) is 17.5. The highest BCUT2D eigenvalue weighted by atomic mass is 19.1. The standard InChI is InChI=1S/C16H22FNO2.CH2O2/c1-16(2,3)20-15(19)18-10-8-13(9-11-18)12-4-6-14(17)7-5-12;2-1-3/h4-7,13H,8-11H2,1-3H3;1H,(H,2,3). The zero-order valence-corrected chi connectivity index (χ0v) is 13.8. The molecule has 0 atom stereocenters. The molecule has 0 bridgehead atoms. The van der Waals surface area contributed by atoms with Gasteiger partial charge in [0.1, 0.15) is 11.4 Å².